The van der Waals surface area contributed by atoms with Gasteiger partial charge in [-0.2, -0.15) is 18.4 Å². The summed E-state index contributed by atoms with van der Waals surface area (Å²) in [6, 6.07) is 9.29. The highest BCUT2D eigenvalue weighted by atomic mass is 19.4. The number of alkyl halides is 3. The van der Waals surface area contributed by atoms with E-state index in [-0.39, 0.29) is 36.0 Å². The molecule has 0 radical (unpaired) electrons. The van der Waals surface area contributed by atoms with Crippen LogP contribution in [0.1, 0.15) is 55.3 Å². The second-order valence-electron chi connectivity index (χ2n) is 11.9. The van der Waals surface area contributed by atoms with Gasteiger partial charge >= 0.3 is 6.18 Å². The normalized spacial score (nSPS) is 31.8. The number of halogens is 4. The molecule has 4 aliphatic rings. The molecule has 3 heterocycles. The Hall–Kier alpha value is -3.19. The van der Waals surface area contributed by atoms with Gasteiger partial charge in [-0.1, -0.05) is 6.42 Å². The van der Waals surface area contributed by atoms with E-state index in [2.05, 4.69) is 16.4 Å². The standard InChI is InChI=1S/C30H32F4N4O2/c31-23-3-5-24(6-4-23)40-29(18-35)9-10-36-16-25(29)19-12-21-2-1-8-28(21,14-19)27(39)38-11-7-26-20(17-38)13-22(15-37-26)30(32,33)34/h3-6,13,15,19,21,25,36H,1-2,7-12,14,16-17H2/t19-,21+,25?,28+,29?/m0/s1. The number of hydrogen-bond acceptors (Lipinski definition) is 5. The predicted molar refractivity (Wildman–Crippen MR) is 137 cm³/mol. The Morgan fingerprint density at radius 1 is 1.23 bits per heavy atom. The maximum Gasteiger partial charge on any atom is 0.417 e. The van der Waals surface area contributed by atoms with Crippen LogP contribution in [-0.2, 0) is 23.9 Å². The lowest BCUT2D eigenvalue weighted by atomic mass is 9.71. The number of pyridine rings is 1. The Labute approximate surface area is 230 Å². The van der Waals surface area contributed by atoms with Crippen LogP contribution in [0.4, 0.5) is 17.6 Å². The quantitative estimate of drug-likeness (QED) is 0.519. The molecular formula is C30H32F4N4O2. The zero-order chi connectivity index (χ0) is 28.1. The number of nitriles is 1. The fourth-order valence-electron chi connectivity index (χ4n) is 7.85. The summed E-state index contributed by atoms with van der Waals surface area (Å²) in [5, 5.41) is 13.8. The van der Waals surface area contributed by atoms with Crippen molar-refractivity contribution in [1.82, 2.24) is 15.2 Å². The number of hydrogen-bond donors (Lipinski definition) is 1. The minimum absolute atomic E-state index is 0.0198. The molecule has 1 aromatic heterocycles. The maximum absolute atomic E-state index is 14.2. The maximum atomic E-state index is 14.2. The van der Waals surface area contributed by atoms with Gasteiger partial charge in [0.05, 0.1) is 11.0 Å². The Morgan fingerprint density at radius 2 is 2.02 bits per heavy atom. The van der Waals surface area contributed by atoms with E-state index < -0.39 is 22.8 Å². The summed E-state index contributed by atoms with van der Waals surface area (Å²) in [7, 11) is 0. The van der Waals surface area contributed by atoms with Crippen LogP contribution in [0.5, 0.6) is 5.75 Å². The molecule has 6 nitrogen and oxygen atoms in total. The highest BCUT2D eigenvalue weighted by Gasteiger charge is 2.60. The zero-order valence-electron chi connectivity index (χ0n) is 22.1. The summed E-state index contributed by atoms with van der Waals surface area (Å²) in [5.74, 6) is 0.152. The highest BCUT2D eigenvalue weighted by molar-refractivity contribution is 5.84. The number of aromatic nitrogens is 1. The number of benzene rings is 1. The second-order valence-corrected chi connectivity index (χ2v) is 11.9. The smallest absolute Gasteiger partial charge is 0.417 e. The number of carbonyl (C=O) groups excluding carboxylic acids is 1. The molecule has 2 aromatic rings. The van der Waals surface area contributed by atoms with E-state index in [0.717, 1.165) is 37.9 Å². The van der Waals surface area contributed by atoms with Crippen molar-refractivity contribution < 1.29 is 27.1 Å². The van der Waals surface area contributed by atoms with Crippen molar-refractivity contribution in [2.24, 2.45) is 23.2 Å². The van der Waals surface area contributed by atoms with Crippen LogP contribution in [0.25, 0.3) is 0 Å². The van der Waals surface area contributed by atoms with Gasteiger partial charge < -0.3 is 15.0 Å². The third-order valence-corrected chi connectivity index (χ3v) is 9.76. The van der Waals surface area contributed by atoms with Gasteiger partial charge in [0, 0.05) is 56.8 Å². The minimum atomic E-state index is -4.49. The molecule has 2 aliphatic carbocycles. The summed E-state index contributed by atoms with van der Waals surface area (Å²) in [5.41, 5.74) is -1.39. The molecule has 2 unspecified atom stereocenters. The minimum Gasteiger partial charge on any atom is -0.472 e. The highest BCUT2D eigenvalue weighted by Crippen LogP contribution is 2.60. The summed E-state index contributed by atoms with van der Waals surface area (Å²) >= 11 is 0. The molecule has 1 N–H and O–H groups in total. The lowest BCUT2D eigenvalue weighted by Crippen LogP contribution is -2.55. The molecule has 3 fully saturated rings. The average Bonchev–Trinajstić information content (AvgIpc) is 3.52. The molecule has 1 aromatic carbocycles. The van der Waals surface area contributed by atoms with Crippen molar-refractivity contribution in [2.45, 2.75) is 63.3 Å². The Balaban J connectivity index is 1.24. The number of amides is 1. The van der Waals surface area contributed by atoms with Crippen molar-refractivity contribution in [1.29, 1.82) is 5.26 Å². The van der Waals surface area contributed by atoms with E-state index in [1.54, 1.807) is 4.90 Å². The Morgan fingerprint density at radius 3 is 2.77 bits per heavy atom. The molecular weight excluding hydrogens is 524 g/mol. The van der Waals surface area contributed by atoms with Gasteiger partial charge in [0.1, 0.15) is 17.6 Å². The topological polar surface area (TPSA) is 78.2 Å². The molecule has 6 rings (SSSR count). The Kier molecular flexibility index (Phi) is 6.76. The van der Waals surface area contributed by atoms with Crippen LogP contribution in [0, 0.1) is 40.3 Å². The van der Waals surface area contributed by atoms with E-state index >= 15 is 0 Å². The lowest BCUT2D eigenvalue weighted by molar-refractivity contribution is -0.144. The van der Waals surface area contributed by atoms with Gasteiger partial charge in [-0.15, -0.1) is 0 Å². The summed E-state index contributed by atoms with van der Waals surface area (Å²) in [4.78, 5) is 20.0. The number of nitrogens with one attached hydrogen (secondary N) is 1. The average molecular weight is 557 g/mol. The summed E-state index contributed by atoms with van der Waals surface area (Å²) in [6.45, 7) is 1.77. The van der Waals surface area contributed by atoms with Gasteiger partial charge in [-0.3, -0.25) is 9.78 Å². The molecule has 2 saturated carbocycles. The van der Waals surface area contributed by atoms with Gasteiger partial charge in [-0.25, -0.2) is 4.39 Å². The SMILES string of the molecule is N#CC1(Oc2ccc(F)cc2)CCNCC1[C@H]1C[C@H]2CCC[C@@]2(C(=O)N2CCc3ncc(C(F)(F)F)cc3C2)C1. The van der Waals surface area contributed by atoms with Gasteiger partial charge in [0.15, 0.2) is 5.60 Å². The van der Waals surface area contributed by atoms with E-state index in [9.17, 15) is 27.6 Å². The van der Waals surface area contributed by atoms with Gasteiger partial charge in [0.25, 0.3) is 0 Å². The first-order valence-electron chi connectivity index (χ1n) is 14.0. The lowest BCUT2D eigenvalue weighted by Gasteiger charge is -2.43. The van der Waals surface area contributed by atoms with Crippen LogP contribution in [0.3, 0.4) is 0 Å². The van der Waals surface area contributed by atoms with Crippen LogP contribution >= 0.6 is 0 Å². The fourth-order valence-corrected chi connectivity index (χ4v) is 7.85. The van der Waals surface area contributed by atoms with Crippen molar-refractivity contribution in [3.63, 3.8) is 0 Å². The number of ether oxygens (including phenoxy) is 1. The molecule has 5 atom stereocenters. The van der Waals surface area contributed by atoms with Gasteiger partial charge in [0.2, 0.25) is 5.91 Å². The van der Waals surface area contributed by atoms with Gasteiger partial charge in [-0.05, 0) is 73.4 Å². The second kappa shape index (κ2) is 10.0. The first-order chi connectivity index (χ1) is 19.1. The van der Waals surface area contributed by atoms with Crippen LogP contribution < -0.4 is 10.1 Å². The largest absolute Gasteiger partial charge is 0.472 e. The van der Waals surface area contributed by atoms with Crippen molar-refractivity contribution in [2.75, 3.05) is 19.6 Å². The van der Waals surface area contributed by atoms with Crippen LogP contribution in [0.15, 0.2) is 36.5 Å². The first kappa shape index (κ1) is 27.0. The molecule has 0 bridgehead atoms. The van der Waals surface area contributed by atoms with Crippen LogP contribution in [-0.4, -0.2) is 41.0 Å². The van der Waals surface area contributed by atoms with E-state index in [4.69, 9.17) is 4.74 Å². The Bertz CT molecular complexity index is 1330. The van der Waals surface area contributed by atoms with E-state index in [1.807, 2.05) is 0 Å². The molecule has 0 spiro atoms. The third kappa shape index (κ3) is 4.62. The third-order valence-electron chi connectivity index (χ3n) is 9.76. The van der Waals surface area contributed by atoms with Crippen molar-refractivity contribution in [3.05, 3.63) is 59.2 Å². The van der Waals surface area contributed by atoms with Crippen molar-refractivity contribution in [3.8, 4) is 11.8 Å². The molecule has 10 heteroatoms. The fraction of sp³-hybridized carbons (Fsp3) is 0.567. The number of piperidine rings is 1. The number of carbonyl (C=O) groups is 1. The molecule has 212 valence electrons. The summed E-state index contributed by atoms with van der Waals surface area (Å²) in [6.07, 6.45) is 1.33. The number of rotatable bonds is 4. The molecule has 2 aliphatic heterocycles. The molecule has 40 heavy (non-hydrogen) atoms. The first-order valence-corrected chi connectivity index (χ1v) is 14.0. The monoisotopic (exact) mass is 556 g/mol. The predicted octanol–water partition coefficient (Wildman–Crippen LogP) is 5.27. The zero-order valence-corrected chi connectivity index (χ0v) is 22.1. The number of fused-ring (bicyclic) bond motifs is 2. The number of nitrogens with zero attached hydrogens (tertiary/aromatic N) is 3. The van der Waals surface area contributed by atoms with E-state index in [1.165, 1.54) is 24.3 Å². The van der Waals surface area contributed by atoms with E-state index in [0.29, 0.717) is 55.9 Å². The summed E-state index contributed by atoms with van der Waals surface area (Å²) < 4.78 is 59.8. The molecule has 1 saturated heterocycles. The van der Waals surface area contributed by atoms with Crippen molar-refractivity contribution >= 4 is 5.91 Å². The van der Waals surface area contributed by atoms with Crippen LogP contribution in [0.2, 0.25) is 0 Å². The molecule has 1 amide bonds.